The molecule has 1 fully saturated rings. The molecule has 2 aromatic heterocycles. The summed E-state index contributed by atoms with van der Waals surface area (Å²) in [7, 11) is -2.26. The Hall–Kier alpha value is -5.63. The molecule has 65 heavy (non-hydrogen) atoms. The number of hydrogen-bond donors (Lipinski definition) is 5. The molecule has 6 aromatic rings. The van der Waals surface area contributed by atoms with Gasteiger partial charge in [-0.3, -0.25) is 14.3 Å². The van der Waals surface area contributed by atoms with E-state index in [0.717, 1.165) is 95.8 Å². The molecule has 1 saturated carbocycles. The van der Waals surface area contributed by atoms with Gasteiger partial charge in [-0.2, -0.15) is 0 Å². The molecule has 1 atom stereocenters. The first kappa shape index (κ1) is 47.3. The lowest BCUT2D eigenvalue weighted by molar-refractivity contribution is 0.181. The molecule has 5 N–H and O–H groups in total. The number of pyridine rings is 1. The fourth-order valence-electron chi connectivity index (χ4n) is 8.86. The van der Waals surface area contributed by atoms with E-state index in [0.29, 0.717) is 36.4 Å². The van der Waals surface area contributed by atoms with Crippen molar-refractivity contribution in [1.82, 2.24) is 14.9 Å². The van der Waals surface area contributed by atoms with E-state index in [2.05, 4.69) is 76.3 Å². The highest BCUT2D eigenvalue weighted by molar-refractivity contribution is 6.74. The molecule has 4 aromatic carbocycles. The van der Waals surface area contributed by atoms with Crippen LogP contribution in [0.25, 0.3) is 33.1 Å². The number of anilines is 2. The lowest BCUT2D eigenvalue weighted by atomic mass is 9.91. The van der Waals surface area contributed by atoms with Crippen molar-refractivity contribution in [2.75, 3.05) is 16.8 Å². The quantitative estimate of drug-likeness (QED) is 0.0470. The summed E-state index contributed by atoms with van der Waals surface area (Å²) in [6.45, 7) is 18.8. The number of oxazole rings is 1. The zero-order chi connectivity index (χ0) is 46.7. The summed E-state index contributed by atoms with van der Waals surface area (Å²) < 4.78 is 14.5. The van der Waals surface area contributed by atoms with Gasteiger partial charge in [-0.1, -0.05) is 82.5 Å². The number of aryl methyl sites for hydroxylation is 2. The zero-order valence-corrected chi connectivity index (χ0v) is 40.3. The van der Waals surface area contributed by atoms with Crippen LogP contribution in [-0.2, 0) is 23.9 Å². The number of carboxylic acid groups (broad SMARTS) is 1. The Bertz CT molecular complexity index is 2740. The summed E-state index contributed by atoms with van der Waals surface area (Å²) >= 11 is 0. The van der Waals surface area contributed by atoms with Crippen LogP contribution in [0.5, 0.6) is 5.75 Å². The van der Waals surface area contributed by atoms with Crippen LogP contribution in [0.15, 0.2) is 98.9 Å². The average Bonchev–Trinajstić information content (AvgIpc) is 3.56. The SMILES string of the molecule is CC(C)(C)Nc1cc(N(C(=O)O)C2CCCCC2)c(-c2ccccc2)cc1CCCCn1c(=O)oc2cc(CNC[C@H](O[Si](C)(C)C(C)(C)C)c3ccc(O)c4[nH]c(=O)ccc34)ccc21. The number of hydrogen-bond acceptors (Lipinski definition) is 8. The van der Waals surface area contributed by atoms with Crippen molar-refractivity contribution < 1.29 is 23.9 Å². The molecule has 0 saturated heterocycles. The molecule has 0 radical (unpaired) electrons. The molecule has 1 aliphatic carbocycles. The smallest absolute Gasteiger partial charge is 0.419 e. The predicted molar refractivity (Wildman–Crippen MR) is 265 cm³/mol. The summed E-state index contributed by atoms with van der Waals surface area (Å²) in [5, 5.41) is 29.2. The minimum Gasteiger partial charge on any atom is -0.506 e. The number of nitrogens with one attached hydrogen (secondary N) is 3. The lowest BCUT2D eigenvalue weighted by Gasteiger charge is -2.39. The van der Waals surface area contributed by atoms with E-state index in [-0.39, 0.29) is 34.0 Å². The number of nitrogens with zero attached hydrogens (tertiary/aromatic N) is 2. The van der Waals surface area contributed by atoms with Crippen molar-refractivity contribution in [2.24, 2.45) is 0 Å². The maximum atomic E-state index is 13.3. The Morgan fingerprint density at radius 1 is 0.938 bits per heavy atom. The standard InChI is InChI=1S/C52H67N5O7Si/c1-51(2,3)55-41-31-43(57(49(60)61)37-20-13-10-14-21-37)40(35-17-11-9-12-18-35)30-36(41)19-15-16-28-56-42-25-22-34(29-45(42)63-50(56)62)32-53-33-46(64-65(7,8)52(4,5)6)38-23-26-44(58)48-39(38)24-27-47(59)54-48/h9,11-12,17-18,22-27,29-31,37,46,53,55,58H,10,13-16,19-21,28,32-33H2,1-8H3,(H,54,59)(H,60,61)/t46-/m0/s1. The van der Waals surface area contributed by atoms with Gasteiger partial charge in [0.05, 0.1) is 22.8 Å². The highest BCUT2D eigenvalue weighted by Gasteiger charge is 2.40. The zero-order valence-electron chi connectivity index (χ0n) is 39.3. The normalized spacial score (nSPS) is 14.5. The van der Waals surface area contributed by atoms with Crippen molar-refractivity contribution in [3.05, 3.63) is 123 Å². The number of H-pyrrole nitrogens is 1. The monoisotopic (exact) mass is 901 g/mol. The second-order valence-corrected chi connectivity index (χ2v) is 25.0. The van der Waals surface area contributed by atoms with Gasteiger partial charge in [-0.15, -0.1) is 0 Å². The topological polar surface area (TPSA) is 162 Å². The van der Waals surface area contributed by atoms with E-state index in [1.807, 2.05) is 60.7 Å². The van der Waals surface area contributed by atoms with Crippen molar-refractivity contribution in [1.29, 1.82) is 0 Å². The first-order valence-electron chi connectivity index (χ1n) is 23.2. The van der Waals surface area contributed by atoms with Crippen LogP contribution in [0, 0.1) is 0 Å². The molecule has 7 rings (SSSR count). The van der Waals surface area contributed by atoms with E-state index in [1.54, 1.807) is 21.6 Å². The summed E-state index contributed by atoms with van der Waals surface area (Å²) in [6, 6.07) is 26.7. The number of carbonyl (C=O) groups is 1. The Morgan fingerprint density at radius 3 is 2.37 bits per heavy atom. The molecule has 1 aliphatic rings. The molecule has 12 nitrogen and oxygen atoms in total. The van der Waals surface area contributed by atoms with Gasteiger partial charge in [0, 0.05) is 53.9 Å². The summed E-state index contributed by atoms with van der Waals surface area (Å²) in [6.07, 6.45) is 5.84. The van der Waals surface area contributed by atoms with Gasteiger partial charge in [-0.25, -0.2) is 9.59 Å². The van der Waals surface area contributed by atoms with Gasteiger partial charge in [0.15, 0.2) is 13.9 Å². The van der Waals surface area contributed by atoms with Crippen LogP contribution in [0.1, 0.15) is 109 Å². The van der Waals surface area contributed by atoms with Crippen LogP contribution in [0.2, 0.25) is 18.1 Å². The fraction of sp³-hybridized carbons (Fsp3) is 0.442. The maximum absolute atomic E-state index is 13.3. The van der Waals surface area contributed by atoms with Crippen LogP contribution in [0.3, 0.4) is 0 Å². The number of aromatic amines is 1. The number of rotatable bonds is 16. The third-order valence-corrected chi connectivity index (χ3v) is 17.7. The molecular formula is C52H67N5O7Si. The fourth-order valence-corrected chi connectivity index (χ4v) is 10.1. The lowest BCUT2D eigenvalue weighted by Crippen LogP contribution is -2.43. The number of aromatic nitrogens is 2. The second-order valence-electron chi connectivity index (χ2n) is 20.3. The first-order valence-corrected chi connectivity index (χ1v) is 26.1. The van der Waals surface area contributed by atoms with Gasteiger partial charge < -0.3 is 34.7 Å². The number of amides is 1. The summed E-state index contributed by atoms with van der Waals surface area (Å²) in [5.74, 6) is -0.389. The number of unbranched alkanes of at least 4 members (excludes halogenated alkanes) is 1. The predicted octanol–water partition coefficient (Wildman–Crippen LogP) is 11.7. The van der Waals surface area contributed by atoms with Crippen LogP contribution < -0.4 is 26.8 Å². The molecule has 13 heteroatoms. The van der Waals surface area contributed by atoms with E-state index in [1.165, 1.54) is 6.07 Å². The highest BCUT2D eigenvalue weighted by atomic mass is 28.4. The van der Waals surface area contributed by atoms with Crippen molar-refractivity contribution >= 4 is 47.8 Å². The van der Waals surface area contributed by atoms with E-state index < -0.39 is 20.2 Å². The molecule has 0 spiro atoms. The second kappa shape index (κ2) is 19.5. The maximum Gasteiger partial charge on any atom is 0.419 e. The molecule has 1 amide bonds. The molecule has 0 unspecified atom stereocenters. The van der Waals surface area contributed by atoms with Crippen molar-refractivity contribution in [2.45, 2.75) is 142 Å². The first-order chi connectivity index (χ1) is 30.8. The Balaban J connectivity index is 1.07. The van der Waals surface area contributed by atoms with Crippen LogP contribution in [0.4, 0.5) is 16.2 Å². The minimum absolute atomic E-state index is 0.00692. The number of phenolic OH excluding ortho intramolecular Hbond substituents is 1. The number of phenols is 1. The van der Waals surface area contributed by atoms with Crippen molar-refractivity contribution in [3.63, 3.8) is 0 Å². The van der Waals surface area contributed by atoms with Gasteiger partial charge in [0.25, 0.3) is 0 Å². The molecule has 346 valence electrons. The molecule has 2 heterocycles. The number of benzene rings is 4. The van der Waals surface area contributed by atoms with Gasteiger partial charge in [0.2, 0.25) is 5.56 Å². The van der Waals surface area contributed by atoms with Crippen molar-refractivity contribution in [3.8, 4) is 16.9 Å². The van der Waals surface area contributed by atoms with Crippen LogP contribution in [-0.4, -0.2) is 52.3 Å². The van der Waals surface area contributed by atoms with Gasteiger partial charge in [-0.05, 0) is 130 Å². The number of aromatic hydroxyl groups is 1. The van der Waals surface area contributed by atoms with E-state index >= 15 is 0 Å². The number of fused-ring (bicyclic) bond motifs is 2. The van der Waals surface area contributed by atoms with Crippen LogP contribution >= 0.6 is 0 Å². The van der Waals surface area contributed by atoms with E-state index in [4.69, 9.17) is 8.84 Å². The average molecular weight is 902 g/mol. The largest absolute Gasteiger partial charge is 0.506 e. The summed E-state index contributed by atoms with van der Waals surface area (Å²) in [5.41, 5.74) is 7.54. The highest BCUT2D eigenvalue weighted by Crippen LogP contribution is 2.42. The van der Waals surface area contributed by atoms with Gasteiger partial charge in [0.1, 0.15) is 5.75 Å². The van der Waals surface area contributed by atoms with E-state index in [9.17, 15) is 24.6 Å². The third kappa shape index (κ3) is 11.1. The Kier molecular flexibility index (Phi) is 14.2. The molecule has 0 aliphatic heterocycles. The molecule has 0 bridgehead atoms. The third-order valence-electron chi connectivity index (χ3n) is 13.2. The Labute approximate surface area is 383 Å². The molecular weight excluding hydrogens is 835 g/mol. The minimum atomic E-state index is -2.26. The van der Waals surface area contributed by atoms with Gasteiger partial charge >= 0.3 is 11.8 Å². The Morgan fingerprint density at radius 2 is 1.68 bits per heavy atom. The summed E-state index contributed by atoms with van der Waals surface area (Å²) in [4.78, 5) is 42.9.